The summed E-state index contributed by atoms with van der Waals surface area (Å²) in [4.78, 5) is 0.228. The van der Waals surface area contributed by atoms with Crippen LogP contribution in [0.2, 0.25) is 0 Å². The zero-order chi connectivity index (χ0) is 15.8. The Morgan fingerprint density at radius 2 is 2.05 bits per heavy atom. The Morgan fingerprint density at radius 3 is 2.67 bits per heavy atom. The minimum Gasteiger partial charge on any atom is -0.399 e. The van der Waals surface area contributed by atoms with Crippen LogP contribution < -0.4 is 5.73 Å². The first-order chi connectivity index (χ1) is 9.75. The molecule has 2 atom stereocenters. The minimum atomic E-state index is -3.65. The predicted octanol–water partition coefficient (Wildman–Crippen LogP) is 0.656. The molecule has 118 valence electrons. The van der Waals surface area contributed by atoms with E-state index in [1.54, 1.807) is 19.9 Å². The number of anilines is 1. The number of benzene rings is 1. The molecule has 1 saturated heterocycles. The lowest BCUT2D eigenvalue weighted by atomic mass is 10.1. The highest BCUT2D eigenvalue weighted by Gasteiger charge is 2.34. The van der Waals surface area contributed by atoms with E-state index in [4.69, 9.17) is 10.5 Å². The first-order valence-corrected chi connectivity index (χ1v) is 8.33. The maximum absolute atomic E-state index is 12.9. The fraction of sp³-hybridized carbons (Fsp3) is 0.571. The van der Waals surface area contributed by atoms with Crippen LogP contribution in [0, 0.1) is 13.8 Å². The highest BCUT2D eigenvalue weighted by Crippen LogP contribution is 2.27. The van der Waals surface area contributed by atoms with E-state index in [2.05, 4.69) is 0 Å². The zero-order valence-electron chi connectivity index (χ0n) is 12.5. The second kappa shape index (κ2) is 5.92. The molecule has 6 nitrogen and oxygen atoms in total. The Kier molecular flexibility index (Phi) is 4.57. The van der Waals surface area contributed by atoms with Crippen LogP contribution in [0.25, 0.3) is 0 Å². The van der Waals surface area contributed by atoms with Gasteiger partial charge in [-0.05, 0) is 44.0 Å². The molecule has 0 bridgehead atoms. The van der Waals surface area contributed by atoms with Crippen LogP contribution in [0.1, 0.15) is 18.1 Å². The second-order valence-corrected chi connectivity index (χ2v) is 7.44. The van der Waals surface area contributed by atoms with Gasteiger partial charge < -0.3 is 15.6 Å². The smallest absolute Gasteiger partial charge is 0.243 e. The van der Waals surface area contributed by atoms with Crippen molar-refractivity contribution >= 4 is 15.7 Å². The largest absolute Gasteiger partial charge is 0.399 e. The Labute approximate surface area is 125 Å². The summed E-state index contributed by atoms with van der Waals surface area (Å²) in [5.41, 5.74) is 7.75. The van der Waals surface area contributed by atoms with Gasteiger partial charge in [-0.2, -0.15) is 4.31 Å². The molecule has 0 aliphatic carbocycles. The average molecular weight is 314 g/mol. The summed E-state index contributed by atoms with van der Waals surface area (Å²) >= 11 is 0. The number of hydrogen-bond acceptors (Lipinski definition) is 5. The number of ether oxygens (including phenoxy) is 1. The topological polar surface area (TPSA) is 92.9 Å². The van der Waals surface area contributed by atoms with E-state index >= 15 is 0 Å². The minimum absolute atomic E-state index is 0.149. The van der Waals surface area contributed by atoms with Crippen molar-refractivity contribution in [3.05, 3.63) is 23.3 Å². The first kappa shape index (κ1) is 16.2. The van der Waals surface area contributed by atoms with E-state index in [0.29, 0.717) is 11.3 Å². The summed E-state index contributed by atoms with van der Waals surface area (Å²) in [5, 5.41) is 9.24. The molecule has 1 fully saturated rings. The van der Waals surface area contributed by atoms with Gasteiger partial charge in [0.2, 0.25) is 10.0 Å². The molecule has 1 aromatic carbocycles. The molecule has 0 aromatic heterocycles. The summed E-state index contributed by atoms with van der Waals surface area (Å²) in [6, 6.07) is 3.25. The molecular formula is C14H22N2O4S. The molecule has 1 heterocycles. The molecule has 0 amide bonds. The summed E-state index contributed by atoms with van der Waals surface area (Å²) in [7, 11) is -3.65. The SMILES string of the molecule is Cc1cc(N)cc(S(=O)(=O)N2CC(C)OC(CO)C2)c1C. The van der Waals surface area contributed by atoms with Crippen molar-refractivity contribution in [2.24, 2.45) is 0 Å². The van der Waals surface area contributed by atoms with Gasteiger partial charge in [0.15, 0.2) is 0 Å². The maximum Gasteiger partial charge on any atom is 0.243 e. The second-order valence-electron chi connectivity index (χ2n) is 5.53. The van der Waals surface area contributed by atoms with Crippen LogP contribution in [0.4, 0.5) is 5.69 Å². The highest BCUT2D eigenvalue weighted by atomic mass is 32.2. The van der Waals surface area contributed by atoms with Gasteiger partial charge in [-0.15, -0.1) is 0 Å². The molecule has 1 aromatic rings. The van der Waals surface area contributed by atoms with Crippen LogP contribution in [-0.4, -0.2) is 49.7 Å². The van der Waals surface area contributed by atoms with Gasteiger partial charge in [-0.25, -0.2) is 8.42 Å². The molecule has 1 aliphatic heterocycles. The van der Waals surface area contributed by atoms with Gasteiger partial charge >= 0.3 is 0 Å². The van der Waals surface area contributed by atoms with Crippen molar-refractivity contribution in [3.63, 3.8) is 0 Å². The van der Waals surface area contributed by atoms with Gasteiger partial charge in [-0.3, -0.25) is 0 Å². The third-order valence-electron chi connectivity index (χ3n) is 3.76. The molecule has 0 saturated carbocycles. The number of aryl methyl sites for hydroxylation is 1. The Morgan fingerprint density at radius 1 is 1.38 bits per heavy atom. The number of morpholine rings is 1. The average Bonchev–Trinajstić information content (AvgIpc) is 2.41. The standard InChI is InChI=1S/C14H22N2O4S/c1-9-4-12(15)5-14(11(9)3)21(18,19)16-6-10(2)20-13(7-16)8-17/h4-5,10,13,17H,6-8,15H2,1-3H3. The Bertz CT molecular complexity index is 630. The van der Waals surface area contributed by atoms with Gasteiger partial charge in [0.1, 0.15) is 0 Å². The quantitative estimate of drug-likeness (QED) is 0.799. The van der Waals surface area contributed by atoms with E-state index in [1.807, 2.05) is 6.92 Å². The van der Waals surface area contributed by atoms with Crippen molar-refractivity contribution in [1.29, 1.82) is 0 Å². The monoisotopic (exact) mass is 314 g/mol. The summed E-state index contributed by atoms with van der Waals surface area (Å²) in [6.07, 6.45) is -0.751. The molecule has 7 heteroatoms. The van der Waals surface area contributed by atoms with Crippen LogP contribution in [0.3, 0.4) is 0 Å². The van der Waals surface area contributed by atoms with E-state index in [1.165, 1.54) is 10.4 Å². The van der Waals surface area contributed by atoms with Crippen LogP contribution in [0.5, 0.6) is 0 Å². The molecule has 1 aliphatic rings. The molecule has 0 radical (unpaired) electrons. The van der Waals surface area contributed by atoms with Crippen molar-refractivity contribution in [2.45, 2.75) is 37.9 Å². The third kappa shape index (κ3) is 3.21. The van der Waals surface area contributed by atoms with Gasteiger partial charge in [-0.1, -0.05) is 0 Å². The lowest BCUT2D eigenvalue weighted by Crippen LogP contribution is -2.50. The maximum atomic E-state index is 12.9. The van der Waals surface area contributed by atoms with E-state index < -0.39 is 16.1 Å². The third-order valence-corrected chi connectivity index (χ3v) is 5.71. The van der Waals surface area contributed by atoms with Gasteiger partial charge in [0.25, 0.3) is 0 Å². The van der Waals surface area contributed by atoms with Crippen molar-refractivity contribution in [1.82, 2.24) is 4.31 Å². The normalized spacial score (nSPS) is 24.2. The Hall–Kier alpha value is -1.15. The van der Waals surface area contributed by atoms with Crippen molar-refractivity contribution in [3.8, 4) is 0 Å². The molecule has 3 N–H and O–H groups in total. The summed E-state index contributed by atoms with van der Waals surface area (Å²) in [5.74, 6) is 0. The molecule has 0 spiro atoms. The number of nitrogens with two attached hydrogens (primary N) is 1. The zero-order valence-corrected chi connectivity index (χ0v) is 13.4. The van der Waals surface area contributed by atoms with E-state index in [9.17, 15) is 13.5 Å². The van der Waals surface area contributed by atoms with Crippen LogP contribution >= 0.6 is 0 Å². The first-order valence-electron chi connectivity index (χ1n) is 6.89. The lowest BCUT2D eigenvalue weighted by molar-refractivity contribution is -0.0750. The highest BCUT2D eigenvalue weighted by molar-refractivity contribution is 7.89. The van der Waals surface area contributed by atoms with Gasteiger partial charge in [0.05, 0.1) is 23.7 Å². The number of nitrogens with zero attached hydrogens (tertiary/aromatic N) is 1. The number of rotatable bonds is 3. The fourth-order valence-corrected chi connectivity index (χ4v) is 4.44. The van der Waals surface area contributed by atoms with E-state index in [-0.39, 0.29) is 30.7 Å². The number of aliphatic hydroxyl groups excluding tert-OH is 1. The van der Waals surface area contributed by atoms with Crippen molar-refractivity contribution < 1.29 is 18.3 Å². The van der Waals surface area contributed by atoms with E-state index in [0.717, 1.165) is 5.56 Å². The number of nitrogen functional groups attached to an aromatic ring is 1. The summed E-state index contributed by atoms with van der Waals surface area (Å²) < 4.78 is 32.6. The van der Waals surface area contributed by atoms with Gasteiger partial charge in [0, 0.05) is 18.8 Å². The van der Waals surface area contributed by atoms with Crippen molar-refractivity contribution in [2.75, 3.05) is 25.4 Å². The fourth-order valence-electron chi connectivity index (χ4n) is 2.56. The van der Waals surface area contributed by atoms with Crippen LogP contribution in [0.15, 0.2) is 17.0 Å². The molecule has 2 unspecified atom stereocenters. The Balaban J connectivity index is 2.42. The molecule has 2 rings (SSSR count). The summed E-state index contributed by atoms with van der Waals surface area (Å²) in [6.45, 7) is 5.62. The molecule has 21 heavy (non-hydrogen) atoms. The number of sulfonamides is 1. The van der Waals surface area contributed by atoms with Crippen LogP contribution in [-0.2, 0) is 14.8 Å². The number of hydrogen-bond donors (Lipinski definition) is 2. The lowest BCUT2D eigenvalue weighted by Gasteiger charge is -2.35. The number of aliphatic hydroxyl groups is 1. The predicted molar refractivity (Wildman–Crippen MR) is 80.5 cm³/mol. The molecular weight excluding hydrogens is 292 g/mol.